The second-order valence-electron chi connectivity index (χ2n) is 6.07. The summed E-state index contributed by atoms with van der Waals surface area (Å²) in [4.78, 5) is 22.4. The number of carboxylic acids is 1. The third kappa shape index (κ3) is 6.90. The van der Waals surface area contributed by atoms with E-state index in [1.807, 2.05) is 39.8 Å². The van der Waals surface area contributed by atoms with E-state index in [9.17, 15) is 9.59 Å². The number of ether oxygens (including phenoxy) is 1. The van der Waals surface area contributed by atoms with Gasteiger partial charge in [-0.05, 0) is 44.4 Å². The van der Waals surface area contributed by atoms with E-state index in [4.69, 9.17) is 9.84 Å². The number of carbonyl (C=O) groups is 2. The Morgan fingerprint density at radius 2 is 1.81 bits per heavy atom. The highest BCUT2D eigenvalue weighted by molar-refractivity contribution is 5.91. The summed E-state index contributed by atoms with van der Waals surface area (Å²) in [5, 5.41) is 11.5. The smallest absolute Gasteiger partial charge is 0.303 e. The number of carboxylic acid groups (broad SMARTS) is 1. The maximum Gasteiger partial charge on any atom is 0.303 e. The Labute approximate surface area is 125 Å². The molecule has 1 rings (SSSR count). The van der Waals surface area contributed by atoms with Crippen molar-refractivity contribution in [3.63, 3.8) is 0 Å². The van der Waals surface area contributed by atoms with Crippen LogP contribution in [-0.4, -0.2) is 29.2 Å². The highest BCUT2D eigenvalue weighted by Crippen LogP contribution is 2.21. The molecule has 0 saturated carbocycles. The summed E-state index contributed by atoms with van der Waals surface area (Å²) in [5.41, 5.74) is 1.25. The lowest BCUT2D eigenvalue weighted by molar-refractivity contribution is -0.137. The predicted octanol–water partition coefficient (Wildman–Crippen LogP) is 3.02. The van der Waals surface area contributed by atoms with Gasteiger partial charge in [-0.3, -0.25) is 9.59 Å². The molecule has 0 saturated heterocycles. The van der Waals surface area contributed by atoms with Crippen LogP contribution in [0.15, 0.2) is 24.3 Å². The first-order valence-electron chi connectivity index (χ1n) is 6.93. The zero-order valence-corrected chi connectivity index (χ0v) is 13.0. The van der Waals surface area contributed by atoms with Crippen LogP contribution in [-0.2, 0) is 14.3 Å². The predicted molar refractivity (Wildman–Crippen MR) is 81.4 cm³/mol. The van der Waals surface area contributed by atoms with Crippen LogP contribution in [0, 0.1) is 0 Å². The van der Waals surface area contributed by atoms with Crippen LogP contribution in [0.5, 0.6) is 0 Å². The number of hydrogen-bond donors (Lipinski definition) is 2. The number of carbonyl (C=O) groups excluding carboxylic acids is 1. The molecule has 5 nitrogen and oxygen atoms in total. The average molecular weight is 293 g/mol. The van der Waals surface area contributed by atoms with E-state index < -0.39 is 5.97 Å². The maximum atomic E-state index is 11.7. The van der Waals surface area contributed by atoms with Crippen molar-refractivity contribution >= 4 is 17.6 Å². The van der Waals surface area contributed by atoms with Gasteiger partial charge in [0.15, 0.2) is 0 Å². The first-order valence-corrected chi connectivity index (χ1v) is 6.93. The summed E-state index contributed by atoms with van der Waals surface area (Å²) in [6, 6.07) is 7.19. The van der Waals surface area contributed by atoms with Gasteiger partial charge in [-0.2, -0.15) is 0 Å². The fourth-order valence-corrected chi connectivity index (χ4v) is 1.75. The molecule has 0 aliphatic carbocycles. The van der Waals surface area contributed by atoms with Gasteiger partial charge in [0.2, 0.25) is 5.91 Å². The van der Waals surface area contributed by atoms with E-state index in [1.165, 1.54) is 0 Å². The van der Waals surface area contributed by atoms with Gasteiger partial charge in [-0.1, -0.05) is 19.1 Å². The molecule has 1 aromatic carbocycles. The number of anilines is 1. The van der Waals surface area contributed by atoms with Crippen molar-refractivity contribution in [2.24, 2.45) is 0 Å². The Morgan fingerprint density at radius 3 is 2.29 bits per heavy atom. The minimum atomic E-state index is -0.820. The van der Waals surface area contributed by atoms with Crippen molar-refractivity contribution < 1.29 is 19.4 Å². The molecule has 0 radical (unpaired) electrons. The molecule has 1 unspecified atom stereocenters. The van der Waals surface area contributed by atoms with Crippen molar-refractivity contribution in [2.75, 3.05) is 11.9 Å². The molecule has 1 amide bonds. The minimum absolute atomic E-state index is 0.000663. The zero-order valence-electron chi connectivity index (χ0n) is 13.0. The number of nitrogens with one attached hydrogen (secondary N) is 1. The molecular formula is C16H23NO4. The molecular weight excluding hydrogens is 270 g/mol. The molecule has 0 bridgehead atoms. The topological polar surface area (TPSA) is 75.6 Å². The Bertz CT molecular complexity index is 488. The SMILES string of the molecule is CC(CC(=O)O)c1ccc(NC(=O)COC(C)(C)C)cc1. The summed E-state index contributed by atoms with van der Waals surface area (Å²) in [5.74, 6) is -1.09. The second kappa shape index (κ2) is 7.22. The Morgan fingerprint density at radius 1 is 1.24 bits per heavy atom. The molecule has 1 atom stereocenters. The van der Waals surface area contributed by atoms with Gasteiger partial charge < -0.3 is 15.2 Å². The number of hydrogen-bond acceptors (Lipinski definition) is 3. The van der Waals surface area contributed by atoms with Crippen molar-refractivity contribution in [2.45, 2.75) is 45.6 Å². The lowest BCUT2D eigenvalue weighted by atomic mass is 9.98. The fourth-order valence-electron chi connectivity index (χ4n) is 1.75. The molecule has 2 N–H and O–H groups in total. The zero-order chi connectivity index (χ0) is 16.0. The third-order valence-electron chi connectivity index (χ3n) is 2.88. The molecule has 0 aromatic heterocycles. The molecule has 0 spiro atoms. The normalized spacial score (nSPS) is 12.8. The Kier molecular flexibility index (Phi) is 5.90. The molecule has 21 heavy (non-hydrogen) atoms. The quantitative estimate of drug-likeness (QED) is 0.845. The molecule has 0 fully saturated rings. The summed E-state index contributed by atoms with van der Waals surface area (Å²) in [6.45, 7) is 7.52. The monoisotopic (exact) mass is 293 g/mol. The molecule has 116 valence electrons. The largest absolute Gasteiger partial charge is 0.481 e. The number of aliphatic carboxylic acids is 1. The van der Waals surface area contributed by atoms with Gasteiger partial charge in [0.05, 0.1) is 12.0 Å². The maximum absolute atomic E-state index is 11.7. The number of amides is 1. The first kappa shape index (κ1) is 17.2. The molecule has 1 aromatic rings. The Hall–Kier alpha value is -1.88. The van der Waals surface area contributed by atoms with Gasteiger partial charge in [0, 0.05) is 5.69 Å². The third-order valence-corrected chi connectivity index (χ3v) is 2.88. The Balaban J connectivity index is 2.54. The highest BCUT2D eigenvalue weighted by atomic mass is 16.5. The van der Waals surface area contributed by atoms with Crippen molar-refractivity contribution in [3.05, 3.63) is 29.8 Å². The van der Waals surface area contributed by atoms with Gasteiger partial charge in [-0.15, -0.1) is 0 Å². The van der Waals surface area contributed by atoms with E-state index in [0.717, 1.165) is 5.56 Å². The van der Waals surface area contributed by atoms with Gasteiger partial charge in [-0.25, -0.2) is 0 Å². The number of rotatable bonds is 6. The van der Waals surface area contributed by atoms with E-state index in [0.29, 0.717) is 5.69 Å². The summed E-state index contributed by atoms with van der Waals surface area (Å²) < 4.78 is 5.39. The van der Waals surface area contributed by atoms with Crippen LogP contribution in [0.3, 0.4) is 0 Å². The lowest BCUT2D eigenvalue weighted by Gasteiger charge is -2.19. The molecule has 0 aliphatic heterocycles. The van der Waals surface area contributed by atoms with E-state index in [2.05, 4.69) is 5.32 Å². The van der Waals surface area contributed by atoms with E-state index in [1.54, 1.807) is 12.1 Å². The van der Waals surface area contributed by atoms with Crippen molar-refractivity contribution in [1.29, 1.82) is 0 Å². The van der Waals surface area contributed by atoms with E-state index in [-0.39, 0.29) is 30.5 Å². The van der Waals surface area contributed by atoms with Crippen LogP contribution >= 0.6 is 0 Å². The van der Waals surface area contributed by atoms with Crippen molar-refractivity contribution in [1.82, 2.24) is 0 Å². The molecule has 5 heteroatoms. The van der Waals surface area contributed by atoms with Crippen LogP contribution in [0.1, 0.15) is 45.6 Å². The fraction of sp³-hybridized carbons (Fsp3) is 0.500. The van der Waals surface area contributed by atoms with Crippen LogP contribution in [0.25, 0.3) is 0 Å². The van der Waals surface area contributed by atoms with Gasteiger partial charge >= 0.3 is 5.97 Å². The summed E-state index contributed by atoms with van der Waals surface area (Å²) in [6.07, 6.45) is 0.0884. The van der Waals surface area contributed by atoms with Crippen LogP contribution in [0.2, 0.25) is 0 Å². The number of benzene rings is 1. The van der Waals surface area contributed by atoms with E-state index >= 15 is 0 Å². The molecule has 0 aliphatic rings. The standard InChI is InChI=1S/C16H23NO4/c1-11(9-15(19)20)12-5-7-13(8-6-12)17-14(18)10-21-16(2,3)4/h5-8,11H,9-10H2,1-4H3,(H,17,18)(H,19,20). The van der Waals surface area contributed by atoms with Crippen LogP contribution < -0.4 is 5.32 Å². The second-order valence-corrected chi connectivity index (χ2v) is 6.07. The van der Waals surface area contributed by atoms with Crippen LogP contribution in [0.4, 0.5) is 5.69 Å². The summed E-state index contributed by atoms with van der Waals surface area (Å²) in [7, 11) is 0. The van der Waals surface area contributed by atoms with Gasteiger partial charge in [0.25, 0.3) is 0 Å². The average Bonchev–Trinajstić information content (AvgIpc) is 2.35. The lowest BCUT2D eigenvalue weighted by Crippen LogP contribution is -2.27. The summed E-state index contributed by atoms with van der Waals surface area (Å²) >= 11 is 0. The highest BCUT2D eigenvalue weighted by Gasteiger charge is 2.13. The first-order chi connectivity index (χ1) is 9.67. The molecule has 0 heterocycles. The van der Waals surface area contributed by atoms with Gasteiger partial charge in [0.1, 0.15) is 6.61 Å². The minimum Gasteiger partial charge on any atom is -0.481 e. The van der Waals surface area contributed by atoms with Crippen molar-refractivity contribution in [3.8, 4) is 0 Å².